The topological polar surface area (TPSA) is 84.0 Å². The Kier molecular flexibility index (Phi) is 3.61. The summed E-state index contributed by atoms with van der Waals surface area (Å²) >= 11 is 0. The van der Waals surface area contributed by atoms with E-state index in [1.807, 2.05) is 0 Å². The third kappa shape index (κ3) is 2.46. The van der Waals surface area contributed by atoms with Crippen molar-refractivity contribution in [3.63, 3.8) is 0 Å². The normalized spacial score (nSPS) is 20.1. The zero-order valence-corrected chi connectivity index (χ0v) is 12.3. The average Bonchev–Trinajstić information content (AvgIpc) is 2.73. The number of rotatable bonds is 4. The zero-order chi connectivity index (χ0) is 15.9. The molecular formula is C13H13FN2O5S. The van der Waals surface area contributed by atoms with Crippen molar-refractivity contribution >= 4 is 22.0 Å². The van der Waals surface area contributed by atoms with Crippen molar-refractivity contribution in [1.29, 1.82) is 0 Å². The van der Waals surface area contributed by atoms with Gasteiger partial charge in [-0.15, -0.1) is 0 Å². The van der Waals surface area contributed by atoms with Gasteiger partial charge in [-0.2, -0.15) is 4.31 Å². The smallest absolute Gasteiger partial charge is 0.417 e. The van der Waals surface area contributed by atoms with Crippen LogP contribution in [-0.4, -0.2) is 55.9 Å². The molecule has 3 rings (SSSR count). The van der Waals surface area contributed by atoms with Crippen molar-refractivity contribution in [3.05, 3.63) is 30.1 Å². The molecule has 7 nitrogen and oxygen atoms in total. The fraction of sp³-hybridized carbons (Fsp3) is 0.385. The van der Waals surface area contributed by atoms with Gasteiger partial charge in [-0.3, -0.25) is 4.79 Å². The lowest BCUT2D eigenvalue weighted by atomic mass is 10.0. The number of sulfonamides is 1. The minimum Gasteiger partial charge on any atom is -0.439 e. The van der Waals surface area contributed by atoms with Gasteiger partial charge in [-0.05, 0) is 12.1 Å². The first-order valence-corrected chi connectivity index (χ1v) is 8.05. The molecule has 0 bridgehead atoms. The minimum atomic E-state index is -3.89. The lowest BCUT2D eigenvalue weighted by molar-refractivity contribution is -0.126. The van der Waals surface area contributed by atoms with Gasteiger partial charge in [0.1, 0.15) is 10.7 Å². The monoisotopic (exact) mass is 328 g/mol. The third-order valence-electron chi connectivity index (χ3n) is 3.66. The molecule has 2 heterocycles. The first kappa shape index (κ1) is 14.9. The van der Waals surface area contributed by atoms with Crippen molar-refractivity contribution in [2.24, 2.45) is 5.92 Å². The van der Waals surface area contributed by atoms with E-state index in [0.29, 0.717) is 0 Å². The SMILES string of the molecule is O=C1COC(=O)N1CC1CN(S(=O)(=O)c2ccccc2F)C1. The van der Waals surface area contributed by atoms with Crippen LogP contribution < -0.4 is 0 Å². The van der Waals surface area contributed by atoms with Crippen LogP contribution in [0.3, 0.4) is 0 Å². The molecule has 0 unspecified atom stereocenters. The van der Waals surface area contributed by atoms with Gasteiger partial charge < -0.3 is 4.74 Å². The average molecular weight is 328 g/mol. The molecule has 2 aliphatic rings. The van der Waals surface area contributed by atoms with Gasteiger partial charge in [0, 0.05) is 25.6 Å². The molecule has 0 atom stereocenters. The van der Waals surface area contributed by atoms with E-state index in [9.17, 15) is 22.4 Å². The predicted molar refractivity (Wildman–Crippen MR) is 71.7 cm³/mol. The van der Waals surface area contributed by atoms with Crippen LogP contribution in [-0.2, 0) is 19.6 Å². The van der Waals surface area contributed by atoms with Crippen LogP contribution in [0.1, 0.15) is 0 Å². The number of carbonyl (C=O) groups excluding carboxylic acids is 2. The molecular weight excluding hydrogens is 315 g/mol. The Morgan fingerprint density at radius 2 is 1.91 bits per heavy atom. The molecule has 0 saturated carbocycles. The van der Waals surface area contributed by atoms with E-state index >= 15 is 0 Å². The summed E-state index contributed by atoms with van der Waals surface area (Å²) < 4.78 is 43.8. The number of hydrogen-bond acceptors (Lipinski definition) is 5. The van der Waals surface area contributed by atoms with Gasteiger partial charge in [0.25, 0.3) is 5.91 Å². The first-order chi connectivity index (χ1) is 10.4. The second-order valence-corrected chi connectivity index (χ2v) is 7.08. The summed E-state index contributed by atoms with van der Waals surface area (Å²) in [4.78, 5) is 23.3. The van der Waals surface area contributed by atoms with Crippen LogP contribution in [0.15, 0.2) is 29.2 Å². The van der Waals surface area contributed by atoms with E-state index in [4.69, 9.17) is 0 Å². The summed E-state index contributed by atoms with van der Waals surface area (Å²) in [5.74, 6) is -1.40. The van der Waals surface area contributed by atoms with E-state index in [0.717, 1.165) is 15.3 Å². The molecule has 0 spiro atoms. The second kappa shape index (κ2) is 5.33. The van der Waals surface area contributed by atoms with Crippen LogP contribution in [0.25, 0.3) is 0 Å². The summed E-state index contributed by atoms with van der Waals surface area (Å²) in [6, 6.07) is 5.16. The summed E-state index contributed by atoms with van der Waals surface area (Å²) in [5, 5.41) is 0. The Bertz CT molecular complexity index is 714. The van der Waals surface area contributed by atoms with Crippen LogP contribution in [0.2, 0.25) is 0 Å². The first-order valence-electron chi connectivity index (χ1n) is 6.61. The number of halogens is 1. The van der Waals surface area contributed by atoms with Gasteiger partial charge in [0.2, 0.25) is 10.0 Å². The molecule has 118 valence electrons. The highest BCUT2D eigenvalue weighted by Crippen LogP contribution is 2.27. The van der Waals surface area contributed by atoms with Gasteiger partial charge in [0.05, 0.1) is 0 Å². The standard InChI is InChI=1S/C13H13FN2O5S/c14-10-3-1-2-4-11(10)22(19,20)15-5-9(6-15)7-16-12(17)8-21-13(16)18/h1-4,9H,5-8H2. The molecule has 0 aromatic heterocycles. The molecule has 0 radical (unpaired) electrons. The maximum atomic E-state index is 13.6. The summed E-state index contributed by atoms with van der Waals surface area (Å²) in [5.41, 5.74) is 0. The quantitative estimate of drug-likeness (QED) is 0.800. The molecule has 1 aromatic rings. The Morgan fingerprint density at radius 1 is 1.23 bits per heavy atom. The molecule has 9 heteroatoms. The molecule has 22 heavy (non-hydrogen) atoms. The number of imide groups is 1. The van der Waals surface area contributed by atoms with Crippen molar-refractivity contribution in [2.75, 3.05) is 26.2 Å². The molecule has 1 aromatic carbocycles. The third-order valence-corrected chi connectivity index (χ3v) is 5.52. The molecule has 0 N–H and O–H groups in total. The zero-order valence-electron chi connectivity index (χ0n) is 11.4. The molecule has 2 fully saturated rings. The Labute approximate surface area is 126 Å². The summed E-state index contributed by atoms with van der Waals surface area (Å²) in [6.07, 6.45) is -0.708. The van der Waals surface area contributed by atoms with E-state index in [1.54, 1.807) is 0 Å². The number of nitrogens with zero attached hydrogens (tertiary/aromatic N) is 2. The molecule has 2 saturated heterocycles. The Balaban J connectivity index is 1.65. The summed E-state index contributed by atoms with van der Waals surface area (Å²) in [7, 11) is -3.89. The van der Waals surface area contributed by atoms with Crippen LogP contribution in [0.4, 0.5) is 9.18 Å². The Morgan fingerprint density at radius 3 is 2.50 bits per heavy atom. The number of amides is 2. The van der Waals surface area contributed by atoms with E-state index in [-0.39, 0.29) is 37.1 Å². The second-order valence-electron chi connectivity index (χ2n) is 5.18. The van der Waals surface area contributed by atoms with Gasteiger partial charge >= 0.3 is 6.09 Å². The largest absolute Gasteiger partial charge is 0.439 e. The number of benzene rings is 1. The van der Waals surface area contributed by atoms with Gasteiger partial charge in [-0.25, -0.2) is 22.5 Å². The highest BCUT2D eigenvalue weighted by atomic mass is 32.2. The lowest BCUT2D eigenvalue weighted by Gasteiger charge is -2.38. The van der Waals surface area contributed by atoms with E-state index in [1.165, 1.54) is 18.2 Å². The Hall–Kier alpha value is -2.00. The maximum absolute atomic E-state index is 13.6. The summed E-state index contributed by atoms with van der Waals surface area (Å²) in [6.45, 7) is 0.102. The lowest BCUT2D eigenvalue weighted by Crippen LogP contribution is -2.54. The van der Waals surface area contributed by atoms with Gasteiger partial charge in [-0.1, -0.05) is 12.1 Å². The number of hydrogen-bond donors (Lipinski definition) is 0. The number of ether oxygens (including phenoxy) is 1. The fourth-order valence-electron chi connectivity index (χ4n) is 2.44. The van der Waals surface area contributed by atoms with Crippen LogP contribution in [0.5, 0.6) is 0 Å². The minimum absolute atomic E-state index is 0.112. The van der Waals surface area contributed by atoms with Crippen molar-refractivity contribution in [3.8, 4) is 0 Å². The molecule has 0 aliphatic carbocycles. The fourth-order valence-corrected chi connectivity index (χ4v) is 4.10. The van der Waals surface area contributed by atoms with Crippen LogP contribution in [0, 0.1) is 11.7 Å². The van der Waals surface area contributed by atoms with Gasteiger partial charge in [0.15, 0.2) is 6.61 Å². The highest BCUT2D eigenvalue weighted by molar-refractivity contribution is 7.89. The van der Waals surface area contributed by atoms with Crippen LogP contribution >= 0.6 is 0 Å². The highest BCUT2D eigenvalue weighted by Gasteiger charge is 2.41. The van der Waals surface area contributed by atoms with Crippen molar-refractivity contribution in [1.82, 2.24) is 9.21 Å². The van der Waals surface area contributed by atoms with E-state index < -0.39 is 27.8 Å². The maximum Gasteiger partial charge on any atom is 0.417 e. The number of carbonyl (C=O) groups is 2. The molecule has 2 aliphatic heterocycles. The molecule has 2 amide bonds. The van der Waals surface area contributed by atoms with Crippen molar-refractivity contribution in [2.45, 2.75) is 4.90 Å². The van der Waals surface area contributed by atoms with Crippen molar-refractivity contribution < 1.29 is 27.1 Å². The van der Waals surface area contributed by atoms with E-state index in [2.05, 4.69) is 4.74 Å². The number of cyclic esters (lactones) is 1. The predicted octanol–water partition coefficient (Wildman–Crippen LogP) is 0.425.